The minimum Gasteiger partial charge on any atom is -0.481 e. The Labute approximate surface area is 85.3 Å². The molecule has 80 valence electrons. The third-order valence-corrected chi connectivity index (χ3v) is 2.97. The van der Waals surface area contributed by atoms with E-state index in [9.17, 15) is 14.7 Å². The number of hydrogen-bond donors (Lipinski definition) is 3. The summed E-state index contributed by atoms with van der Waals surface area (Å²) in [7, 11) is 0. The van der Waals surface area contributed by atoms with Gasteiger partial charge in [0.25, 0.3) is 0 Å². The minimum absolute atomic E-state index is 0.136. The molecule has 0 saturated heterocycles. The van der Waals surface area contributed by atoms with E-state index in [1.165, 1.54) is 0 Å². The molecule has 0 aromatic rings. The fourth-order valence-corrected chi connectivity index (χ4v) is 2.26. The molecule has 1 aliphatic rings. The van der Waals surface area contributed by atoms with Crippen LogP contribution in [0.25, 0.3) is 0 Å². The van der Waals surface area contributed by atoms with Gasteiger partial charge >= 0.3 is 11.9 Å². The molecule has 1 fully saturated rings. The molecule has 0 radical (unpaired) electrons. The van der Waals surface area contributed by atoms with Crippen molar-refractivity contribution in [2.24, 2.45) is 11.8 Å². The zero-order valence-electron chi connectivity index (χ0n) is 7.26. The zero-order valence-corrected chi connectivity index (χ0v) is 8.02. The first kappa shape index (κ1) is 11.3. The summed E-state index contributed by atoms with van der Waals surface area (Å²) < 4.78 is 0. The van der Waals surface area contributed by atoms with Crippen LogP contribution >= 0.6 is 11.6 Å². The van der Waals surface area contributed by atoms with Gasteiger partial charge in [-0.1, -0.05) is 0 Å². The van der Waals surface area contributed by atoms with E-state index in [1.54, 1.807) is 0 Å². The van der Waals surface area contributed by atoms with Crippen molar-refractivity contribution in [3.63, 3.8) is 0 Å². The number of aliphatic hydroxyl groups is 1. The Bertz CT molecular complexity index is 240. The highest BCUT2D eigenvalue weighted by Crippen LogP contribution is 2.36. The lowest BCUT2D eigenvalue weighted by Gasteiger charge is -2.17. The van der Waals surface area contributed by atoms with Crippen molar-refractivity contribution in [2.75, 3.05) is 0 Å². The third kappa shape index (κ3) is 2.16. The van der Waals surface area contributed by atoms with Crippen LogP contribution < -0.4 is 0 Å². The number of hydrogen-bond acceptors (Lipinski definition) is 3. The van der Waals surface area contributed by atoms with Crippen LogP contribution in [-0.4, -0.2) is 38.7 Å². The van der Waals surface area contributed by atoms with Gasteiger partial charge < -0.3 is 15.3 Å². The summed E-state index contributed by atoms with van der Waals surface area (Å²) in [6.07, 6.45) is -0.301. The van der Waals surface area contributed by atoms with E-state index >= 15 is 0 Å². The van der Waals surface area contributed by atoms with Gasteiger partial charge in [0.1, 0.15) is 0 Å². The van der Waals surface area contributed by atoms with Crippen molar-refractivity contribution < 1.29 is 24.9 Å². The molecule has 1 rings (SSSR count). The summed E-state index contributed by atoms with van der Waals surface area (Å²) in [6, 6.07) is 0. The first-order valence-corrected chi connectivity index (χ1v) is 4.65. The maximum atomic E-state index is 10.7. The van der Waals surface area contributed by atoms with Crippen LogP contribution in [0.1, 0.15) is 12.8 Å². The van der Waals surface area contributed by atoms with Gasteiger partial charge in [-0.15, -0.1) is 11.6 Å². The van der Waals surface area contributed by atoms with Gasteiger partial charge in [-0.25, -0.2) is 0 Å². The second kappa shape index (κ2) is 4.14. The molecule has 0 aliphatic heterocycles. The maximum Gasteiger partial charge on any atom is 0.318 e. The lowest BCUT2D eigenvalue weighted by Crippen LogP contribution is -2.33. The number of halogens is 1. The maximum absolute atomic E-state index is 10.7. The fourth-order valence-electron chi connectivity index (χ4n) is 1.81. The molecule has 1 aliphatic carbocycles. The predicted octanol–water partition coefficient (Wildman–Crippen LogP) is 0.150. The quantitative estimate of drug-likeness (QED) is 0.467. The van der Waals surface area contributed by atoms with Crippen LogP contribution in [0.5, 0.6) is 0 Å². The van der Waals surface area contributed by atoms with Crippen LogP contribution in [0, 0.1) is 11.8 Å². The second-order valence-corrected chi connectivity index (χ2v) is 4.02. The highest BCUT2D eigenvalue weighted by atomic mass is 35.5. The van der Waals surface area contributed by atoms with E-state index in [4.69, 9.17) is 21.8 Å². The Morgan fingerprint density at radius 1 is 1.21 bits per heavy atom. The fraction of sp³-hybridized carbons (Fsp3) is 0.750. The molecule has 3 atom stereocenters. The lowest BCUT2D eigenvalue weighted by atomic mass is 9.90. The summed E-state index contributed by atoms with van der Waals surface area (Å²) in [6.45, 7) is 0. The molecule has 1 saturated carbocycles. The summed E-state index contributed by atoms with van der Waals surface area (Å²) in [4.78, 5) is 21.3. The average molecular weight is 223 g/mol. The highest BCUT2D eigenvalue weighted by Gasteiger charge is 2.44. The molecule has 0 spiro atoms. The van der Waals surface area contributed by atoms with Gasteiger partial charge in [0.05, 0.1) is 6.10 Å². The van der Waals surface area contributed by atoms with Gasteiger partial charge in [0, 0.05) is 11.3 Å². The Kier molecular flexibility index (Phi) is 3.34. The van der Waals surface area contributed by atoms with Crippen molar-refractivity contribution in [3.8, 4) is 0 Å². The number of alkyl halides is 1. The second-order valence-electron chi connectivity index (χ2n) is 3.46. The summed E-state index contributed by atoms with van der Waals surface area (Å²) in [5.74, 6) is -5.01. The molecule has 14 heavy (non-hydrogen) atoms. The molecule has 3 N–H and O–H groups in total. The highest BCUT2D eigenvalue weighted by molar-refractivity contribution is 6.21. The van der Waals surface area contributed by atoms with Crippen LogP contribution in [0.2, 0.25) is 0 Å². The predicted molar refractivity (Wildman–Crippen MR) is 47.1 cm³/mol. The zero-order chi connectivity index (χ0) is 10.9. The molecule has 0 aromatic carbocycles. The lowest BCUT2D eigenvalue weighted by molar-refractivity contribution is -0.157. The van der Waals surface area contributed by atoms with Crippen molar-refractivity contribution in [1.29, 1.82) is 0 Å². The molecule has 0 amide bonds. The van der Waals surface area contributed by atoms with E-state index in [2.05, 4.69) is 0 Å². The Morgan fingerprint density at radius 2 is 1.71 bits per heavy atom. The number of carboxylic acid groups (broad SMARTS) is 2. The van der Waals surface area contributed by atoms with E-state index < -0.39 is 35.3 Å². The Hall–Kier alpha value is -0.810. The first-order chi connectivity index (χ1) is 6.43. The molecule has 5 nitrogen and oxygen atoms in total. The molecule has 6 heteroatoms. The van der Waals surface area contributed by atoms with Crippen LogP contribution in [-0.2, 0) is 9.59 Å². The van der Waals surface area contributed by atoms with Gasteiger partial charge in [-0.2, -0.15) is 0 Å². The van der Waals surface area contributed by atoms with Crippen molar-refractivity contribution in [3.05, 3.63) is 0 Å². The molecule has 0 aromatic heterocycles. The first-order valence-electron chi connectivity index (χ1n) is 4.21. The van der Waals surface area contributed by atoms with E-state index in [1.807, 2.05) is 0 Å². The standard InChI is InChI=1S/C8H11ClO5/c9-5-2-3(10)1-4(5)6(7(11)12)8(13)14/h3-6,10H,1-2H2,(H,11,12)(H,13,14)/t3-,4+,5+/m0/s1. The molecule has 0 unspecified atom stereocenters. The monoisotopic (exact) mass is 222 g/mol. The smallest absolute Gasteiger partial charge is 0.318 e. The van der Waals surface area contributed by atoms with E-state index in [0.29, 0.717) is 0 Å². The van der Waals surface area contributed by atoms with Crippen LogP contribution in [0.3, 0.4) is 0 Å². The van der Waals surface area contributed by atoms with Crippen molar-refractivity contribution >= 4 is 23.5 Å². The van der Waals surface area contributed by atoms with Crippen LogP contribution in [0.15, 0.2) is 0 Å². The Balaban J connectivity index is 2.79. The number of aliphatic hydroxyl groups excluding tert-OH is 1. The van der Waals surface area contributed by atoms with E-state index in [-0.39, 0.29) is 12.8 Å². The number of aliphatic carboxylic acids is 2. The van der Waals surface area contributed by atoms with Gasteiger partial charge in [-0.3, -0.25) is 9.59 Å². The summed E-state index contributed by atoms with van der Waals surface area (Å²) in [5.41, 5.74) is 0. The van der Waals surface area contributed by atoms with Gasteiger partial charge in [-0.05, 0) is 12.8 Å². The molecule has 0 heterocycles. The molecule has 0 bridgehead atoms. The summed E-state index contributed by atoms with van der Waals surface area (Å²) in [5, 5.41) is 26.0. The summed E-state index contributed by atoms with van der Waals surface area (Å²) >= 11 is 5.77. The van der Waals surface area contributed by atoms with Gasteiger partial charge in [0.2, 0.25) is 0 Å². The topological polar surface area (TPSA) is 94.8 Å². The molecular formula is C8H11ClO5. The normalized spacial score (nSPS) is 32.1. The van der Waals surface area contributed by atoms with Crippen molar-refractivity contribution in [1.82, 2.24) is 0 Å². The van der Waals surface area contributed by atoms with Crippen molar-refractivity contribution in [2.45, 2.75) is 24.3 Å². The van der Waals surface area contributed by atoms with Crippen LogP contribution in [0.4, 0.5) is 0 Å². The SMILES string of the molecule is O=C(O)C(C(=O)O)[C@@H]1C[C@H](O)C[C@H]1Cl. The molecular weight excluding hydrogens is 212 g/mol. The Morgan fingerprint density at radius 3 is 2.00 bits per heavy atom. The number of carbonyl (C=O) groups is 2. The van der Waals surface area contributed by atoms with Gasteiger partial charge in [0.15, 0.2) is 5.92 Å². The average Bonchev–Trinajstić information content (AvgIpc) is 2.29. The largest absolute Gasteiger partial charge is 0.481 e. The number of rotatable bonds is 3. The third-order valence-electron chi connectivity index (χ3n) is 2.47. The minimum atomic E-state index is -1.52. The number of carboxylic acids is 2. The van der Waals surface area contributed by atoms with E-state index in [0.717, 1.165) is 0 Å².